The van der Waals surface area contributed by atoms with E-state index in [1.54, 1.807) is 0 Å². The molecule has 1 amide bonds. The molecule has 0 aliphatic carbocycles. The number of rotatable bonds is 1. The Morgan fingerprint density at radius 2 is 1.86 bits per heavy atom. The van der Waals surface area contributed by atoms with E-state index in [-0.39, 0.29) is 11.5 Å². The summed E-state index contributed by atoms with van der Waals surface area (Å²) in [6, 6.07) is 4.29. The minimum absolute atomic E-state index is 0.0341. The third-order valence-corrected chi connectivity index (χ3v) is 4.13. The van der Waals surface area contributed by atoms with Crippen molar-refractivity contribution < 1.29 is 9.53 Å². The van der Waals surface area contributed by atoms with Gasteiger partial charge in [-0.1, -0.05) is 6.92 Å². The minimum Gasteiger partial charge on any atom is -0.444 e. The molecule has 0 spiro atoms. The Kier molecular flexibility index (Phi) is 4.50. The molecule has 4 nitrogen and oxygen atoms in total. The molecule has 0 N–H and O–H groups in total. The lowest BCUT2D eigenvalue weighted by Gasteiger charge is -2.41. The summed E-state index contributed by atoms with van der Waals surface area (Å²) in [4.78, 5) is 18.7. The number of carbonyl (C=O) groups is 1. The molecule has 0 radical (unpaired) electrons. The van der Waals surface area contributed by atoms with Gasteiger partial charge in [0.2, 0.25) is 0 Å². The number of hydrogen-bond acceptors (Lipinski definition) is 3. The molecule has 122 valence electrons. The average molecular weight is 304 g/mol. The van der Waals surface area contributed by atoms with Gasteiger partial charge in [-0.2, -0.15) is 0 Å². The molecule has 22 heavy (non-hydrogen) atoms. The maximum Gasteiger partial charge on any atom is 0.410 e. The first-order valence-electron chi connectivity index (χ1n) is 8.03. The van der Waals surface area contributed by atoms with Gasteiger partial charge in [0.25, 0.3) is 0 Å². The largest absolute Gasteiger partial charge is 0.444 e. The van der Waals surface area contributed by atoms with Gasteiger partial charge >= 0.3 is 6.09 Å². The summed E-state index contributed by atoms with van der Waals surface area (Å²) in [7, 11) is 0. The quantitative estimate of drug-likeness (QED) is 0.788. The average Bonchev–Trinajstić information content (AvgIpc) is 2.35. The van der Waals surface area contributed by atoms with Crippen molar-refractivity contribution in [3.8, 4) is 0 Å². The maximum atomic E-state index is 12.4. The fourth-order valence-corrected chi connectivity index (χ4v) is 3.14. The number of carbonyl (C=O) groups excluding carboxylic acids is 1. The van der Waals surface area contributed by atoms with Crippen LogP contribution in [0.3, 0.4) is 0 Å². The standard InChI is InChI=1S/C18H28N2O2/c1-13-10-15(11-14(2)19-13)18(6)8-7-9-20(12-18)16(21)22-17(3,4)5/h10-11H,7-9,12H2,1-6H3/t18-/m0/s1. The van der Waals surface area contributed by atoms with E-state index in [4.69, 9.17) is 4.74 Å². The monoisotopic (exact) mass is 304 g/mol. The zero-order chi connectivity index (χ0) is 16.5. The van der Waals surface area contributed by atoms with Crippen LogP contribution in [-0.4, -0.2) is 34.7 Å². The van der Waals surface area contributed by atoms with Gasteiger partial charge in [-0.05, 0) is 65.2 Å². The summed E-state index contributed by atoms with van der Waals surface area (Å²) in [5.74, 6) is 0. The molecular weight excluding hydrogens is 276 g/mol. The second-order valence-corrected chi connectivity index (χ2v) is 7.70. The Bertz CT molecular complexity index is 542. The fraction of sp³-hybridized carbons (Fsp3) is 0.667. The molecule has 1 aliphatic heterocycles. The van der Waals surface area contributed by atoms with Crippen LogP contribution in [0.15, 0.2) is 12.1 Å². The molecule has 0 bridgehead atoms. The zero-order valence-corrected chi connectivity index (χ0v) is 14.7. The van der Waals surface area contributed by atoms with E-state index in [0.717, 1.165) is 30.8 Å². The van der Waals surface area contributed by atoms with E-state index in [1.807, 2.05) is 39.5 Å². The normalized spacial score (nSPS) is 22.5. The molecule has 0 aromatic carbocycles. The number of likely N-dealkylation sites (tertiary alicyclic amines) is 1. The van der Waals surface area contributed by atoms with E-state index in [2.05, 4.69) is 24.0 Å². The second kappa shape index (κ2) is 5.90. The van der Waals surface area contributed by atoms with Crippen molar-refractivity contribution in [1.82, 2.24) is 9.88 Å². The van der Waals surface area contributed by atoms with E-state index < -0.39 is 5.60 Å². The summed E-state index contributed by atoms with van der Waals surface area (Å²) in [6.45, 7) is 13.5. The molecule has 1 fully saturated rings. The van der Waals surface area contributed by atoms with Crippen molar-refractivity contribution in [3.63, 3.8) is 0 Å². The number of ether oxygens (including phenoxy) is 1. The van der Waals surface area contributed by atoms with Crippen LogP contribution in [0.2, 0.25) is 0 Å². The highest BCUT2D eigenvalue weighted by Gasteiger charge is 2.36. The smallest absolute Gasteiger partial charge is 0.410 e. The van der Waals surface area contributed by atoms with Gasteiger partial charge in [-0.25, -0.2) is 4.79 Å². The molecule has 2 rings (SSSR count). The number of pyridine rings is 1. The van der Waals surface area contributed by atoms with Gasteiger partial charge in [0.15, 0.2) is 0 Å². The van der Waals surface area contributed by atoms with Crippen LogP contribution in [0, 0.1) is 13.8 Å². The molecule has 1 atom stereocenters. The predicted octanol–water partition coefficient (Wildman–Crippen LogP) is 3.99. The first-order valence-corrected chi connectivity index (χ1v) is 8.03. The number of aromatic nitrogens is 1. The van der Waals surface area contributed by atoms with Gasteiger partial charge in [0.1, 0.15) is 5.60 Å². The van der Waals surface area contributed by atoms with Crippen LogP contribution < -0.4 is 0 Å². The molecule has 1 aromatic heterocycles. The highest BCUT2D eigenvalue weighted by atomic mass is 16.6. The first-order chi connectivity index (χ1) is 10.1. The molecule has 0 unspecified atom stereocenters. The van der Waals surface area contributed by atoms with Crippen molar-refractivity contribution in [2.45, 2.75) is 65.4 Å². The lowest BCUT2D eigenvalue weighted by Crippen LogP contribution is -2.48. The van der Waals surface area contributed by atoms with Gasteiger partial charge in [-0.15, -0.1) is 0 Å². The molecule has 1 aromatic rings. The third-order valence-electron chi connectivity index (χ3n) is 4.13. The SMILES string of the molecule is Cc1cc([C@@]2(C)CCCN(C(=O)OC(C)(C)C)C2)cc(C)n1. The van der Waals surface area contributed by atoms with Crippen LogP contribution in [0.25, 0.3) is 0 Å². The van der Waals surface area contributed by atoms with E-state index in [9.17, 15) is 4.79 Å². The van der Waals surface area contributed by atoms with Crippen molar-refractivity contribution in [2.75, 3.05) is 13.1 Å². The highest BCUT2D eigenvalue weighted by Crippen LogP contribution is 2.34. The molecule has 1 saturated heterocycles. The maximum absolute atomic E-state index is 12.4. The summed E-state index contributed by atoms with van der Waals surface area (Å²) in [5, 5.41) is 0. The van der Waals surface area contributed by atoms with Crippen LogP contribution in [-0.2, 0) is 10.2 Å². The highest BCUT2D eigenvalue weighted by molar-refractivity contribution is 5.68. The van der Waals surface area contributed by atoms with Crippen molar-refractivity contribution in [1.29, 1.82) is 0 Å². The van der Waals surface area contributed by atoms with Crippen LogP contribution >= 0.6 is 0 Å². The molecule has 4 heteroatoms. The zero-order valence-electron chi connectivity index (χ0n) is 14.7. The molecule has 2 heterocycles. The number of amides is 1. The lowest BCUT2D eigenvalue weighted by atomic mass is 9.76. The van der Waals surface area contributed by atoms with Gasteiger partial charge in [0.05, 0.1) is 0 Å². The van der Waals surface area contributed by atoms with Crippen molar-refractivity contribution in [2.24, 2.45) is 0 Å². The van der Waals surface area contributed by atoms with Gasteiger partial charge in [0, 0.05) is 29.9 Å². The van der Waals surface area contributed by atoms with Crippen molar-refractivity contribution in [3.05, 3.63) is 29.1 Å². The topological polar surface area (TPSA) is 42.4 Å². The Morgan fingerprint density at radius 1 is 1.27 bits per heavy atom. The molecular formula is C18H28N2O2. The summed E-state index contributed by atoms with van der Waals surface area (Å²) < 4.78 is 5.53. The number of piperidine rings is 1. The first kappa shape index (κ1) is 16.8. The Morgan fingerprint density at radius 3 is 2.41 bits per heavy atom. The molecule has 0 saturated carbocycles. The van der Waals surface area contributed by atoms with Gasteiger partial charge in [-0.3, -0.25) is 4.98 Å². The Labute approximate surface area is 133 Å². The second-order valence-electron chi connectivity index (χ2n) is 7.70. The third kappa shape index (κ3) is 3.99. The Hall–Kier alpha value is -1.58. The summed E-state index contributed by atoms with van der Waals surface area (Å²) in [6.07, 6.45) is 1.87. The van der Waals surface area contributed by atoms with Gasteiger partial charge < -0.3 is 9.64 Å². The van der Waals surface area contributed by atoms with E-state index >= 15 is 0 Å². The molecule has 1 aliphatic rings. The predicted molar refractivity (Wildman–Crippen MR) is 88.1 cm³/mol. The van der Waals surface area contributed by atoms with E-state index in [0.29, 0.717) is 6.54 Å². The van der Waals surface area contributed by atoms with Crippen LogP contribution in [0.1, 0.15) is 57.5 Å². The van der Waals surface area contributed by atoms with Crippen LogP contribution in [0.5, 0.6) is 0 Å². The summed E-state index contributed by atoms with van der Waals surface area (Å²) in [5.41, 5.74) is 2.85. The fourth-order valence-electron chi connectivity index (χ4n) is 3.14. The lowest BCUT2D eigenvalue weighted by molar-refractivity contribution is 0.0146. The van der Waals surface area contributed by atoms with E-state index in [1.165, 1.54) is 5.56 Å². The van der Waals surface area contributed by atoms with Crippen LogP contribution in [0.4, 0.5) is 4.79 Å². The van der Waals surface area contributed by atoms with Crippen molar-refractivity contribution >= 4 is 6.09 Å². The minimum atomic E-state index is -0.450. The number of aryl methyl sites for hydroxylation is 2. The summed E-state index contributed by atoms with van der Waals surface area (Å²) >= 11 is 0. The number of hydrogen-bond donors (Lipinski definition) is 0. The Balaban J connectivity index is 2.19. The number of nitrogens with zero attached hydrogens (tertiary/aromatic N) is 2.